The third-order valence-electron chi connectivity index (χ3n) is 13.5. The number of likely N-dealkylation sites (N-methyl/N-ethyl adjacent to an activating group) is 2. The average Bonchev–Trinajstić information content (AvgIpc) is 3.84. The van der Waals surface area contributed by atoms with Gasteiger partial charge < -0.3 is 50.6 Å². The highest BCUT2D eigenvalue weighted by Crippen LogP contribution is 2.30. The predicted molar refractivity (Wildman–Crippen MR) is 282 cm³/mol. The number of methoxy groups -OCH3 is 2. The molecule has 0 radical (unpaired) electrons. The lowest BCUT2D eigenvalue weighted by Crippen LogP contribution is -2.59. The molecule has 0 bridgehead atoms. The van der Waals surface area contributed by atoms with Gasteiger partial charge in [0.05, 0.1) is 60.4 Å². The van der Waals surface area contributed by atoms with Crippen LogP contribution >= 0.6 is 15.9 Å². The summed E-state index contributed by atoms with van der Waals surface area (Å²) in [4.78, 5) is 108. The Morgan fingerprint density at radius 2 is 1.49 bits per heavy atom. The number of nitrogens with one attached hydrogen (secondary N) is 5. The van der Waals surface area contributed by atoms with Crippen LogP contribution in [0, 0.1) is 23.7 Å². The smallest absolute Gasteiger partial charge is 0.258 e. The van der Waals surface area contributed by atoms with Crippen molar-refractivity contribution < 1.29 is 47.8 Å². The Bertz CT molecular complexity index is 2120. The first-order valence-electron chi connectivity index (χ1n) is 25.3. The van der Waals surface area contributed by atoms with E-state index in [1.807, 2.05) is 66.6 Å². The van der Waals surface area contributed by atoms with Gasteiger partial charge in [-0.1, -0.05) is 82.9 Å². The van der Waals surface area contributed by atoms with Crippen molar-refractivity contribution in [2.75, 3.05) is 60.4 Å². The number of halogens is 1. The van der Waals surface area contributed by atoms with Crippen molar-refractivity contribution in [1.82, 2.24) is 45.9 Å². The summed E-state index contributed by atoms with van der Waals surface area (Å²) in [6.45, 7) is 17.0. The Labute approximate surface area is 441 Å². The van der Waals surface area contributed by atoms with Gasteiger partial charge in [-0.25, -0.2) is 9.97 Å². The number of amides is 7. The highest BCUT2D eigenvalue weighted by molar-refractivity contribution is 9.08. The molecule has 1 aromatic heterocycles. The van der Waals surface area contributed by atoms with Crippen molar-refractivity contribution >= 4 is 63.0 Å². The first-order valence-corrected chi connectivity index (χ1v) is 26.5. The minimum absolute atomic E-state index is 0.000601. The maximum absolute atomic E-state index is 14.3. The fourth-order valence-electron chi connectivity index (χ4n) is 9.35. The monoisotopic (exact) mass is 1090 g/mol. The van der Waals surface area contributed by atoms with E-state index in [1.165, 1.54) is 26.2 Å². The number of carbonyl (C=O) groups excluding carboxylic acids is 7. The molecule has 21 heteroatoms. The third-order valence-corrected chi connectivity index (χ3v) is 14.0. The number of likely N-dealkylation sites (tertiary alicyclic amines) is 1. The van der Waals surface area contributed by atoms with Gasteiger partial charge >= 0.3 is 0 Å². The van der Waals surface area contributed by atoms with Gasteiger partial charge in [0.1, 0.15) is 23.9 Å². The molecule has 408 valence electrons. The molecule has 1 saturated heterocycles. The van der Waals surface area contributed by atoms with E-state index >= 15 is 0 Å². The Morgan fingerprint density at radius 3 is 2.07 bits per heavy atom. The van der Waals surface area contributed by atoms with Gasteiger partial charge in [-0.05, 0) is 82.7 Å². The minimum Gasteiger partial charge on any atom is -0.481 e. The molecule has 7 amide bonds. The zero-order valence-electron chi connectivity index (χ0n) is 45.5. The maximum atomic E-state index is 14.3. The van der Waals surface area contributed by atoms with Crippen LogP contribution in [0.2, 0.25) is 0 Å². The molecule has 1 aliphatic heterocycles. The van der Waals surface area contributed by atoms with Gasteiger partial charge in [-0.15, -0.1) is 0 Å². The van der Waals surface area contributed by atoms with Gasteiger partial charge in [0, 0.05) is 40.0 Å². The van der Waals surface area contributed by atoms with Gasteiger partial charge in [0.2, 0.25) is 35.4 Å². The van der Waals surface area contributed by atoms with Crippen LogP contribution in [0.3, 0.4) is 0 Å². The lowest BCUT2D eigenvalue weighted by atomic mass is 9.89. The quantitative estimate of drug-likeness (QED) is 0.0732. The number of ether oxygens (including phenoxy) is 3. The Balaban J connectivity index is 1.57. The molecular weight excluding hydrogens is 1000 g/mol. The number of anilines is 1. The molecule has 0 saturated carbocycles. The second-order valence-corrected chi connectivity index (χ2v) is 20.5. The summed E-state index contributed by atoms with van der Waals surface area (Å²) in [6, 6.07) is 3.19. The second-order valence-electron chi connectivity index (χ2n) is 20.0. The Hall–Kier alpha value is -5.25. The largest absolute Gasteiger partial charge is 0.481 e. The number of carbonyl (C=O) groups is 7. The summed E-state index contributed by atoms with van der Waals surface area (Å²) >= 11 is 3.26. The lowest BCUT2D eigenvalue weighted by molar-refractivity contribution is -0.148. The maximum Gasteiger partial charge on any atom is 0.258 e. The van der Waals surface area contributed by atoms with E-state index in [-0.39, 0.29) is 67.0 Å². The van der Waals surface area contributed by atoms with Crippen molar-refractivity contribution in [3.8, 4) is 5.75 Å². The van der Waals surface area contributed by atoms with E-state index in [0.29, 0.717) is 48.4 Å². The summed E-state index contributed by atoms with van der Waals surface area (Å²) in [5.41, 5.74) is 1.33. The highest BCUT2D eigenvalue weighted by atomic mass is 79.9. The van der Waals surface area contributed by atoms with Gasteiger partial charge in [-0.3, -0.25) is 38.5 Å². The highest BCUT2D eigenvalue weighted by Gasteiger charge is 2.43. The molecule has 1 fully saturated rings. The zero-order chi connectivity index (χ0) is 54.7. The normalized spacial score (nSPS) is 17.3. The van der Waals surface area contributed by atoms with Crippen LogP contribution in [-0.4, -0.2) is 170 Å². The number of aromatic nitrogens is 2. The molecule has 3 rings (SSSR count). The zero-order valence-corrected chi connectivity index (χ0v) is 47.0. The number of nitrogens with zero attached hydrogens (tertiary/aromatic N) is 5. The molecule has 73 heavy (non-hydrogen) atoms. The van der Waals surface area contributed by atoms with E-state index in [0.717, 1.165) is 12.0 Å². The van der Waals surface area contributed by atoms with Crippen LogP contribution in [-0.2, 0) is 54.8 Å². The lowest BCUT2D eigenvalue weighted by Gasteiger charge is -2.41. The first kappa shape index (κ1) is 62.0. The molecule has 5 N–H and O–H groups in total. The van der Waals surface area contributed by atoms with Gasteiger partial charge in [-0.2, -0.15) is 0 Å². The molecule has 2 heterocycles. The fourth-order valence-corrected chi connectivity index (χ4v) is 9.63. The van der Waals surface area contributed by atoms with E-state index in [1.54, 1.807) is 56.2 Å². The minimum atomic E-state index is -0.954. The number of alkyl halides is 1. The van der Waals surface area contributed by atoms with Crippen LogP contribution in [0.1, 0.15) is 99.4 Å². The molecule has 1 aromatic carbocycles. The van der Waals surface area contributed by atoms with E-state index in [4.69, 9.17) is 14.2 Å². The summed E-state index contributed by atoms with van der Waals surface area (Å²) in [5.74, 6) is -2.44. The standard InChI is InChI=1S/C52H83BrN10O10/c1-15-32(6)46(62(12)52(70)44(30(2)3)60-51(69)45(31(4)5)61(10)11)40(71-13)25-43(65)63-23-17-20-39(63)47(72-14)33(7)48(66)54-22-21-36-18-16-19-37(24-36)59-50(68)35(9)58-49(67)34(8)57-42(64)29-73-38-27-55-41(26-53)56-28-38/h16,18-19,24,27-28,30-35,39-40,44-47H,15,17,20-23,25-26,29H2,1-14H3,(H,54,66)(H,57,64)(H,58,67)(H,59,68)(H,60,69)/t32-,33+,34-,35-,39-,40+,44-,45-,46-,47+/m0/s1. The average molecular weight is 1090 g/mol. The van der Waals surface area contributed by atoms with Crippen LogP contribution < -0.4 is 31.3 Å². The molecule has 10 atom stereocenters. The summed E-state index contributed by atoms with van der Waals surface area (Å²) in [7, 11) is 8.51. The molecule has 0 unspecified atom stereocenters. The fraction of sp³-hybridized carbons (Fsp3) is 0.673. The Morgan fingerprint density at radius 1 is 0.836 bits per heavy atom. The van der Waals surface area contributed by atoms with Crippen molar-refractivity contribution in [2.45, 2.75) is 148 Å². The van der Waals surface area contributed by atoms with Crippen molar-refractivity contribution in [3.63, 3.8) is 0 Å². The van der Waals surface area contributed by atoms with Crippen LogP contribution in [0.5, 0.6) is 5.75 Å². The van der Waals surface area contributed by atoms with Crippen molar-refractivity contribution in [3.05, 3.63) is 48.0 Å². The topological polar surface area (TPSA) is 243 Å². The molecular formula is C52H83BrN10O10. The predicted octanol–water partition coefficient (Wildman–Crippen LogP) is 3.70. The molecule has 1 aliphatic rings. The number of hydrogen-bond donors (Lipinski definition) is 5. The van der Waals surface area contributed by atoms with Crippen molar-refractivity contribution in [2.24, 2.45) is 23.7 Å². The van der Waals surface area contributed by atoms with E-state index in [2.05, 4.69) is 52.5 Å². The molecule has 0 spiro atoms. The van der Waals surface area contributed by atoms with Gasteiger partial charge in [0.25, 0.3) is 5.91 Å². The summed E-state index contributed by atoms with van der Waals surface area (Å²) in [6.07, 6.45) is 4.15. The second kappa shape index (κ2) is 30.2. The van der Waals surface area contributed by atoms with Crippen LogP contribution in [0.4, 0.5) is 5.69 Å². The number of rotatable bonds is 29. The number of benzene rings is 1. The summed E-state index contributed by atoms with van der Waals surface area (Å²) < 4.78 is 17.4. The molecule has 0 aliphatic carbocycles. The van der Waals surface area contributed by atoms with Crippen LogP contribution in [0.25, 0.3) is 0 Å². The third kappa shape index (κ3) is 18.3. The van der Waals surface area contributed by atoms with E-state index < -0.39 is 66.1 Å². The Kier molecular flexibility index (Phi) is 25.7. The summed E-state index contributed by atoms with van der Waals surface area (Å²) in [5, 5.41) is 14.5. The number of hydrogen-bond acceptors (Lipinski definition) is 13. The van der Waals surface area contributed by atoms with Crippen molar-refractivity contribution in [1.29, 1.82) is 0 Å². The SMILES string of the molecule is CC[C@H](C)[C@@H]([C@@H](CC(=O)N1CCC[C@H]1[C@H](OC)[C@@H](C)C(=O)NCCc1cccc(NC(=O)[C@H](C)NC(=O)[C@H](C)NC(=O)COc2cnc(CBr)nc2)c1)OC)N(C)C(=O)[C@@H](NC(=O)[C@H](C(C)C)N(C)C)C(C)C. The van der Waals surface area contributed by atoms with Crippen LogP contribution in [0.15, 0.2) is 36.7 Å². The first-order chi connectivity index (χ1) is 34.5. The molecule has 20 nitrogen and oxygen atoms in total. The van der Waals surface area contributed by atoms with E-state index in [9.17, 15) is 33.6 Å². The molecule has 2 aromatic rings. The van der Waals surface area contributed by atoms with Gasteiger partial charge in [0.15, 0.2) is 12.4 Å².